The molecule has 2 unspecified atom stereocenters. The highest BCUT2D eigenvalue weighted by atomic mass is 14.6. The van der Waals surface area contributed by atoms with E-state index in [1.165, 1.54) is 32.1 Å². The van der Waals surface area contributed by atoms with E-state index < -0.39 is 0 Å². The molecular formula is C9H13. The number of hydrogen-bond acceptors (Lipinski definition) is 0. The first kappa shape index (κ1) is 5.52. The lowest BCUT2D eigenvalue weighted by Crippen LogP contribution is -2.05. The Morgan fingerprint density at radius 2 is 2.33 bits per heavy atom. The molecule has 2 rings (SSSR count). The van der Waals surface area contributed by atoms with Crippen LogP contribution >= 0.6 is 0 Å². The zero-order valence-corrected chi connectivity index (χ0v) is 5.82. The summed E-state index contributed by atoms with van der Waals surface area (Å²) in [5.74, 6) is 0.990. The molecule has 0 bridgehead atoms. The zero-order valence-electron chi connectivity index (χ0n) is 5.82. The number of fused-ring (bicyclic) bond motifs is 1. The summed E-state index contributed by atoms with van der Waals surface area (Å²) in [5, 5.41) is 0. The Morgan fingerprint density at radius 3 is 2.89 bits per heavy atom. The molecule has 2 aliphatic rings. The number of rotatable bonds is 1. The SMILES string of the molecule is C=[C]C12CCCCC1C2. The summed E-state index contributed by atoms with van der Waals surface area (Å²) in [7, 11) is 0. The van der Waals surface area contributed by atoms with Crippen LogP contribution < -0.4 is 0 Å². The average Bonchev–Trinajstić information content (AvgIpc) is 2.62. The van der Waals surface area contributed by atoms with E-state index in [-0.39, 0.29) is 0 Å². The van der Waals surface area contributed by atoms with E-state index in [1.807, 2.05) is 0 Å². The molecule has 0 heterocycles. The Balaban J connectivity index is 2.09. The molecule has 9 heavy (non-hydrogen) atoms. The van der Waals surface area contributed by atoms with Gasteiger partial charge in [-0.2, -0.15) is 0 Å². The maximum atomic E-state index is 3.77. The van der Waals surface area contributed by atoms with Crippen LogP contribution in [0.15, 0.2) is 6.58 Å². The van der Waals surface area contributed by atoms with Gasteiger partial charge in [0.15, 0.2) is 0 Å². The summed E-state index contributed by atoms with van der Waals surface area (Å²) in [4.78, 5) is 0. The van der Waals surface area contributed by atoms with Crippen LogP contribution in [0.3, 0.4) is 0 Å². The van der Waals surface area contributed by atoms with Gasteiger partial charge >= 0.3 is 0 Å². The van der Waals surface area contributed by atoms with Crippen molar-refractivity contribution in [3.8, 4) is 0 Å². The van der Waals surface area contributed by atoms with Gasteiger partial charge in [-0.25, -0.2) is 0 Å². The number of hydrogen-bond donors (Lipinski definition) is 0. The lowest BCUT2D eigenvalue weighted by molar-refractivity contribution is 0.395. The second-order valence-corrected chi connectivity index (χ2v) is 3.48. The second-order valence-electron chi connectivity index (χ2n) is 3.48. The summed E-state index contributed by atoms with van der Waals surface area (Å²) in [6, 6.07) is 0. The maximum Gasteiger partial charge on any atom is -0.00186 e. The van der Waals surface area contributed by atoms with Gasteiger partial charge in [0, 0.05) is 0 Å². The van der Waals surface area contributed by atoms with Gasteiger partial charge < -0.3 is 0 Å². The van der Waals surface area contributed by atoms with Gasteiger partial charge in [0.25, 0.3) is 0 Å². The normalized spacial score (nSPS) is 47.8. The molecule has 2 saturated carbocycles. The predicted octanol–water partition coefficient (Wildman–Crippen LogP) is 2.56. The molecule has 2 fully saturated rings. The molecule has 0 aromatic heterocycles. The van der Waals surface area contributed by atoms with Crippen LogP contribution in [0.5, 0.6) is 0 Å². The van der Waals surface area contributed by atoms with Crippen molar-refractivity contribution in [2.24, 2.45) is 11.3 Å². The van der Waals surface area contributed by atoms with Crippen LogP contribution in [-0.4, -0.2) is 0 Å². The molecule has 0 nitrogen and oxygen atoms in total. The molecule has 0 amide bonds. The first-order chi connectivity index (χ1) is 4.37. The highest BCUT2D eigenvalue weighted by Crippen LogP contribution is 2.61. The third-order valence-electron chi connectivity index (χ3n) is 3.01. The van der Waals surface area contributed by atoms with Crippen LogP contribution in [-0.2, 0) is 0 Å². The minimum absolute atomic E-state index is 0.526. The Bertz CT molecular complexity index is 137. The van der Waals surface area contributed by atoms with Gasteiger partial charge in [-0.05, 0) is 36.7 Å². The van der Waals surface area contributed by atoms with Crippen LogP contribution in [0.1, 0.15) is 32.1 Å². The molecule has 0 N–H and O–H groups in total. The Morgan fingerprint density at radius 1 is 1.44 bits per heavy atom. The highest BCUT2D eigenvalue weighted by Gasteiger charge is 2.52. The minimum atomic E-state index is 0.526. The van der Waals surface area contributed by atoms with Gasteiger partial charge in [-0.1, -0.05) is 19.4 Å². The first-order valence-corrected chi connectivity index (χ1v) is 3.92. The Hall–Kier alpha value is -0.260. The monoisotopic (exact) mass is 121 g/mol. The van der Waals surface area contributed by atoms with Crippen molar-refractivity contribution in [1.82, 2.24) is 0 Å². The van der Waals surface area contributed by atoms with Gasteiger partial charge in [0.2, 0.25) is 0 Å². The van der Waals surface area contributed by atoms with Crippen molar-refractivity contribution in [2.75, 3.05) is 0 Å². The van der Waals surface area contributed by atoms with Gasteiger partial charge in [0.05, 0.1) is 0 Å². The molecule has 0 saturated heterocycles. The summed E-state index contributed by atoms with van der Waals surface area (Å²) in [6.45, 7) is 3.77. The van der Waals surface area contributed by atoms with Gasteiger partial charge in [-0.15, -0.1) is 0 Å². The summed E-state index contributed by atoms with van der Waals surface area (Å²) in [6.07, 6.45) is 10.3. The summed E-state index contributed by atoms with van der Waals surface area (Å²) >= 11 is 0. The zero-order chi connectivity index (χ0) is 6.32. The van der Waals surface area contributed by atoms with Crippen molar-refractivity contribution < 1.29 is 0 Å². The molecule has 2 atom stereocenters. The Kier molecular flexibility index (Phi) is 0.992. The molecule has 0 heteroatoms. The summed E-state index contributed by atoms with van der Waals surface area (Å²) < 4.78 is 0. The molecule has 0 aliphatic heterocycles. The fourth-order valence-electron chi connectivity index (χ4n) is 2.20. The molecule has 0 aromatic carbocycles. The molecule has 1 radical (unpaired) electrons. The van der Waals surface area contributed by atoms with Crippen LogP contribution in [0.25, 0.3) is 0 Å². The molecule has 49 valence electrons. The standard InChI is InChI=1S/C9H13/c1-2-9-6-4-3-5-8(9)7-9/h8H,1,3-7H2. The fourth-order valence-corrected chi connectivity index (χ4v) is 2.20. The largest absolute Gasteiger partial charge is 0.0950 e. The lowest BCUT2D eigenvalue weighted by atomic mass is 9.89. The van der Waals surface area contributed by atoms with E-state index in [0.29, 0.717) is 5.41 Å². The average molecular weight is 121 g/mol. The van der Waals surface area contributed by atoms with Crippen LogP contribution in [0.4, 0.5) is 0 Å². The molecule has 0 spiro atoms. The third-order valence-corrected chi connectivity index (χ3v) is 3.01. The smallest absolute Gasteiger partial charge is 0.00186 e. The quantitative estimate of drug-likeness (QED) is 0.500. The second kappa shape index (κ2) is 1.62. The topological polar surface area (TPSA) is 0 Å². The van der Waals surface area contributed by atoms with E-state index in [1.54, 1.807) is 0 Å². The van der Waals surface area contributed by atoms with Crippen LogP contribution in [0, 0.1) is 17.4 Å². The number of allylic oxidation sites excluding steroid dienone is 1. The van der Waals surface area contributed by atoms with E-state index in [2.05, 4.69) is 12.7 Å². The Labute approximate surface area is 57.0 Å². The van der Waals surface area contributed by atoms with E-state index >= 15 is 0 Å². The fraction of sp³-hybridized carbons (Fsp3) is 0.778. The molecule has 0 aromatic rings. The molecule has 2 aliphatic carbocycles. The van der Waals surface area contributed by atoms with Crippen molar-refractivity contribution in [1.29, 1.82) is 0 Å². The lowest BCUT2D eigenvalue weighted by Gasteiger charge is -2.16. The minimum Gasteiger partial charge on any atom is -0.0950 e. The first-order valence-electron chi connectivity index (χ1n) is 3.92. The van der Waals surface area contributed by atoms with E-state index in [4.69, 9.17) is 0 Å². The van der Waals surface area contributed by atoms with Gasteiger partial charge in [-0.3, -0.25) is 0 Å². The van der Waals surface area contributed by atoms with Gasteiger partial charge in [0.1, 0.15) is 0 Å². The third kappa shape index (κ3) is 0.654. The molecular weight excluding hydrogens is 108 g/mol. The predicted molar refractivity (Wildman–Crippen MR) is 37.9 cm³/mol. The van der Waals surface area contributed by atoms with Crippen molar-refractivity contribution in [2.45, 2.75) is 32.1 Å². The maximum absolute atomic E-state index is 3.77. The van der Waals surface area contributed by atoms with Crippen LogP contribution in [0.2, 0.25) is 0 Å². The van der Waals surface area contributed by atoms with E-state index in [0.717, 1.165) is 5.92 Å². The summed E-state index contributed by atoms with van der Waals surface area (Å²) in [5.41, 5.74) is 0.526. The van der Waals surface area contributed by atoms with Crippen molar-refractivity contribution in [3.63, 3.8) is 0 Å². The van der Waals surface area contributed by atoms with Crippen molar-refractivity contribution in [3.05, 3.63) is 12.7 Å². The van der Waals surface area contributed by atoms with E-state index in [9.17, 15) is 0 Å². The highest BCUT2D eigenvalue weighted by molar-refractivity contribution is 5.09. The van der Waals surface area contributed by atoms with Crippen molar-refractivity contribution >= 4 is 0 Å².